The van der Waals surface area contributed by atoms with E-state index in [-0.39, 0.29) is 0 Å². The van der Waals surface area contributed by atoms with Gasteiger partial charge < -0.3 is 10.6 Å². The van der Waals surface area contributed by atoms with Crippen molar-refractivity contribution in [3.63, 3.8) is 0 Å². The van der Waals surface area contributed by atoms with Crippen molar-refractivity contribution >= 4 is 23.0 Å². The van der Waals surface area contributed by atoms with Crippen LogP contribution in [0, 0.1) is 0 Å². The third-order valence-corrected chi connectivity index (χ3v) is 3.19. The van der Waals surface area contributed by atoms with Crippen molar-refractivity contribution in [1.82, 2.24) is 15.0 Å². The molecule has 6 heteroatoms. The molecule has 2 rings (SSSR count). The van der Waals surface area contributed by atoms with Gasteiger partial charge in [0.15, 0.2) is 0 Å². The molecule has 0 aliphatic rings. The van der Waals surface area contributed by atoms with E-state index in [0.29, 0.717) is 5.82 Å². The third-order valence-electron chi connectivity index (χ3n) is 2.55. The molecule has 90 valence electrons. The zero-order chi connectivity index (χ0) is 12.3. The van der Waals surface area contributed by atoms with E-state index in [0.717, 1.165) is 30.0 Å². The van der Waals surface area contributed by atoms with Gasteiger partial charge in [0, 0.05) is 18.0 Å². The number of nitrogens with zero attached hydrogens (tertiary/aromatic N) is 4. The minimum absolute atomic E-state index is 0.558. The normalized spacial score (nSPS) is 10.5. The standard InChI is InChI=1S/C11H15N5S/c1-3-9-10(12)13-6-14-11(9)16(2)4-8-5-17-7-15-8/h5-7H,3-4H2,1-2H3,(H2,12,13,14). The SMILES string of the molecule is CCc1c(N)ncnc1N(C)Cc1cscn1. The molecule has 5 nitrogen and oxygen atoms in total. The van der Waals surface area contributed by atoms with Gasteiger partial charge in [-0.3, -0.25) is 0 Å². The first-order valence-corrected chi connectivity index (χ1v) is 6.34. The fourth-order valence-electron chi connectivity index (χ4n) is 1.72. The average molecular weight is 249 g/mol. The highest BCUT2D eigenvalue weighted by Gasteiger charge is 2.12. The lowest BCUT2D eigenvalue weighted by Crippen LogP contribution is -2.20. The van der Waals surface area contributed by atoms with Crippen molar-refractivity contribution < 1.29 is 0 Å². The number of rotatable bonds is 4. The number of hydrogen-bond acceptors (Lipinski definition) is 6. The average Bonchev–Trinajstić information content (AvgIpc) is 2.81. The van der Waals surface area contributed by atoms with Crippen LogP contribution < -0.4 is 10.6 Å². The van der Waals surface area contributed by atoms with E-state index >= 15 is 0 Å². The van der Waals surface area contributed by atoms with Crippen LogP contribution in [0.2, 0.25) is 0 Å². The Morgan fingerprint density at radius 2 is 2.18 bits per heavy atom. The number of thiazole rings is 1. The van der Waals surface area contributed by atoms with Crippen molar-refractivity contribution in [2.24, 2.45) is 0 Å². The molecule has 0 atom stereocenters. The van der Waals surface area contributed by atoms with Gasteiger partial charge in [0.05, 0.1) is 17.7 Å². The van der Waals surface area contributed by atoms with E-state index in [4.69, 9.17) is 5.73 Å². The molecule has 17 heavy (non-hydrogen) atoms. The first-order valence-electron chi connectivity index (χ1n) is 5.40. The molecule has 2 aromatic rings. The van der Waals surface area contributed by atoms with Crippen molar-refractivity contribution in [3.8, 4) is 0 Å². The summed E-state index contributed by atoms with van der Waals surface area (Å²) in [6, 6.07) is 0. The van der Waals surface area contributed by atoms with E-state index in [9.17, 15) is 0 Å². The van der Waals surface area contributed by atoms with Crippen molar-refractivity contribution in [2.45, 2.75) is 19.9 Å². The van der Waals surface area contributed by atoms with Crippen LogP contribution in [0.25, 0.3) is 0 Å². The zero-order valence-corrected chi connectivity index (χ0v) is 10.7. The van der Waals surface area contributed by atoms with Crippen LogP contribution in [-0.4, -0.2) is 22.0 Å². The summed E-state index contributed by atoms with van der Waals surface area (Å²) in [7, 11) is 1.99. The maximum absolute atomic E-state index is 5.85. The summed E-state index contributed by atoms with van der Waals surface area (Å²) in [6.45, 7) is 2.78. The van der Waals surface area contributed by atoms with Gasteiger partial charge in [0.1, 0.15) is 18.0 Å². The van der Waals surface area contributed by atoms with E-state index in [1.807, 2.05) is 22.8 Å². The first kappa shape index (κ1) is 11.8. The molecular weight excluding hydrogens is 234 g/mol. The summed E-state index contributed by atoms with van der Waals surface area (Å²) in [5, 5.41) is 2.03. The Bertz CT molecular complexity index is 483. The fourth-order valence-corrected chi connectivity index (χ4v) is 2.27. The molecule has 0 aliphatic heterocycles. The summed E-state index contributed by atoms with van der Waals surface area (Å²) in [4.78, 5) is 14.6. The Morgan fingerprint density at radius 1 is 1.35 bits per heavy atom. The van der Waals surface area contributed by atoms with E-state index in [1.54, 1.807) is 11.3 Å². The van der Waals surface area contributed by atoms with Crippen LogP contribution in [0.15, 0.2) is 17.2 Å². The summed E-state index contributed by atoms with van der Waals surface area (Å²) in [5.41, 5.74) is 9.71. The Balaban J connectivity index is 2.24. The lowest BCUT2D eigenvalue weighted by atomic mass is 10.2. The van der Waals surface area contributed by atoms with Crippen LogP contribution in [0.1, 0.15) is 18.2 Å². The van der Waals surface area contributed by atoms with Crippen LogP contribution in [0.5, 0.6) is 0 Å². The second-order valence-corrected chi connectivity index (χ2v) is 4.47. The molecule has 0 aliphatic carbocycles. The number of anilines is 2. The van der Waals surface area contributed by atoms with Gasteiger partial charge in [0.25, 0.3) is 0 Å². The Kier molecular flexibility index (Phi) is 3.53. The number of nitrogens with two attached hydrogens (primary N) is 1. The molecule has 0 saturated carbocycles. The largest absolute Gasteiger partial charge is 0.383 e. The summed E-state index contributed by atoms with van der Waals surface area (Å²) in [5.74, 6) is 1.44. The van der Waals surface area contributed by atoms with Crippen LogP contribution >= 0.6 is 11.3 Å². The van der Waals surface area contributed by atoms with Gasteiger partial charge in [-0.05, 0) is 6.42 Å². The van der Waals surface area contributed by atoms with Gasteiger partial charge >= 0.3 is 0 Å². The number of hydrogen-bond donors (Lipinski definition) is 1. The second-order valence-electron chi connectivity index (χ2n) is 3.75. The van der Waals surface area contributed by atoms with Crippen molar-refractivity contribution in [1.29, 1.82) is 0 Å². The highest BCUT2D eigenvalue weighted by Crippen LogP contribution is 2.22. The molecule has 0 radical (unpaired) electrons. The number of nitrogen functional groups attached to an aromatic ring is 1. The van der Waals surface area contributed by atoms with E-state index in [2.05, 4.69) is 21.9 Å². The highest BCUT2D eigenvalue weighted by atomic mass is 32.1. The molecule has 0 bridgehead atoms. The smallest absolute Gasteiger partial charge is 0.137 e. The Labute approximate surface area is 104 Å². The van der Waals surface area contributed by atoms with Gasteiger partial charge in [-0.15, -0.1) is 11.3 Å². The maximum Gasteiger partial charge on any atom is 0.137 e. The first-order chi connectivity index (χ1) is 8.22. The highest BCUT2D eigenvalue weighted by molar-refractivity contribution is 7.07. The molecule has 0 saturated heterocycles. The molecule has 0 spiro atoms. The molecule has 0 amide bonds. The monoisotopic (exact) mass is 249 g/mol. The molecular formula is C11H15N5S. The van der Waals surface area contributed by atoms with Gasteiger partial charge in [-0.1, -0.05) is 6.92 Å². The summed E-state index contributed by atoms with van der Waals surface area (Å²) >= 11 is 1.59. The minimum atomic E-state index is 0.558. The van der Waals surface area contributed by atoms with E-state index in [1.165, 1.54) is 6.33 Å². The van der Waals surface area contributed by atoms with Gasteiger partial charge in [-0.25, -0.2) is 15.0 Å². The van der Waals surface area contributed by atoms with Crippen LogP contribution in [0.3, 0.4) is 0 Å². The van der Waals surface area contributed by atoms with E-state index < -0.39 is 0 Å². The van der Waals surface area contributed by atoms with Crippen molar-refractivity contribution in [2.75, 3.05) is 17.7 Å². The number of aromatic nitrogens is 3. The van der Waals surface area contributed by atoms with Crippen molar-refractivity contribution in [3.05, 3.63) is 28.5 Å². The van der Waals surface area contributed by atoms with Crippen LogP contribution in [0.4, 0.5) is 11.6 Å². The summed E-state index contributed by atoms with van der Waals surface area (Å²) < 4.78 is 0. The molecule has 0 aromatic carbocycles. The molecule has 2 heterocycles. The second kappa shape index (κ2) is 5.09. The van der Waals surface area contributed by atoms with Gasteiger partial charge in [-0.2, -0.15) is 0 Å². The van der Waals surface area contributed by atoms with Gasteiger partial charge in [0.2, 0.25) is 0 Å². The summed E-state index contributed by atoms with van der Waals surface area (Å²) in [6.07, 6.45) is 2.32. The fraction of sp³-hybridized carbons (Fsp3) is 0.364. The lowest BCUT2D eigenvalue weighted by molar-refractivity contribution is 0.854. The molecule has 0 unspecified atom stereocenters. The quantitative estimate of drug-likeness (QED) is 0.893. The predicted octanol–water partition coefficient (Wildman–Crippen LogP) is 1.71. The lowest BCUT2D eigenvalue weighted by Gasteiger charge is -2.20. The molecule has 2 aromatic heterocycles. The Hall–Kier alpha value is -1.69. The maximum atomic E-state index is 5.85. The molecule has 2 N–H and O–H groups in total. The third kappa shape index (κ3) is 2.52. The Morgan fingerprint density at radius 3 is 2.82 bits per heavy atom. The van der Waals surface area contributed by atoms with Crippen LogP contribution in [-0.2, 0) is 13.0 Å². The molecule has 0 fully saturated rings. The minimum Gasteiger partial charge on any atom is -0.383 e. The topological polar surface area (TPSA) is 67.9 Å². The predicted molar refractivity (Wildman–Crippen MR) is 70.0 cm³/mol. The zero-order valence-electron chi connectivity index (χ0n) is 9.92.